The van der Waals surface area contributed by atoms with Gasteiger partial charge in [0.15, 0.2) is 11.4 Å². The van der Waals surface area contributed by atoms with Gasteiger partial charge in [-0.1, -0.05) is 5.92 Å². The summed E-state index contributed by atoms with van der Waals surface area (Å²) >= 11 is 0. The quantitative estimate of drug-likeness (QED) is 0.0985. The molecule has 2 atom stereocenters. The molecule has 0 spiro atoms. The Bertz CT molecular complexity index is 2560. The van der Waals surface area contributed by atoms with Crippen LogP contribution in [0.2, 0.25) is 0 Å². The average Bonchev–Trinajstić information content (AvgIpc) is 4.13. The lowest BCUT2D eigenvalue weighted by atomic mass is 9.97. The summed E-state index contributed by atoms with van der Waals surface area (Å²) in [5, 5.41) is 34.6. The summed E-state index contributed by atoms with van der Waals surface area (Å²) in [6, 6.07) is 12.3. The number of piperidine rings is 1. The van der Waals surface area contributed by atoms with Crippen molar-refractivity contribution in [1.29, 1.82) is 0 Å². The van der Waals surface area contributed by atoms with E-state index in [2.05, 4.69) is 63.5 Å². The highest BCUT2D eigenvalue weighted by atomic mass is 16.4. The number of hydrogen-bond acceptors (Lipinski definition) is 12. The number of aliphatic carboxylic acids is 1. The van der Waals surface area contributed by atoms with E-state index in [9.17, 15) is 28.8 Å². The summed E-state index contributed by atoms with van der Waals surface area (Å²) in [7, 11) is 3.07. The summed E-state index contributed by atoms with van der Waals surface area (Å²) in [5.41, 5.74) is 3.14. The summed E-state index contributed by atoms with van der Waals surface area (Å²) in [4.78, 5) is 86.8. The van der Waals surface area contributed by atoms with Gasteiger partial charge in [-0.25, -0.2) is 9.97 Å². The summed E-state index contributed by atoms with van der Waals surface area (Å²) in [6.07, 6.45) is 6.33. The van der Waals surface area contributed by atoms with E-state index >= 15 is 0 Å². The smallest absolute Gasteiger partial charge is 0.317 e. The van der Waals surface area contributed by atoms with Crippen molar-refractivity contribution < 1.29 is 33.9 Å². The second kappa shape index (κ2) is 20.1. The van der Waals surface area contributed by atoms with Crippen LogP contribution in [0.3, 0.4) is 0 Å². The van der Waals surface area contributed by atoms with Gasteiger partial charge in [0.05, 0.1) is 36.0 Å². The summed E-state index contributed by atoms with van der Waals surface area (Å²) in [6.45, 7) is 3.87. The van der Waals surface area contributed by atoms with Crippen LogP contribution in [-0.2, 0) is 19.2 Å². The van der Waals surface area contributed by atoms with Crippen molar-refractivity contribution >= 4 is 68.7 Å². The Balaban J connectivity index is 0.000000206. The van der Waals surface area contributed by atoms with Crippen molar-refractivity contribution in [2.24, 2.45) is 17.8 Å². The normalized spacial score (nSPS) is 17.9. The highest BCUT2D eigenvalue weighted by Crippen LogP contribution is 2.25. The van der Waals surface area contributed by atoms with Gasteiger partial charge < -0.3 is 31.3 Å². The van der Waals surface area contributed by atoms with Gasteiger partial charge in [-0.2, -0.15) is 10.2 Å². The molecule has 20 nitrogen and oxygen atoms in total. The van der Waals surface area contributed by atoms with Gasteiger partial charge in [0.25, 0.3) is 11.8 Å². The van der Waals surface area contributed by atoms with Gasteiger partial charge in [0.2, 0.25) is 23.5 Å². The van der Waals surface area contributed by atoms with Gasteiger partial charge in [-0.15, -0.1) is 0 Å². The third-order valence-corrected chi connectivity index (χ3v) is 11.4. The zero-order valence-electron chi connectivity index (χ0n) is 34.9. The molecular formula is C43H49N13O7. The maximum Gasteiger partial charge on any atom is 0.317 e. The minimum Gasteiger partial charge on any atom is -0.480 e. The first-order valence-corrected chi connectivity index (χ1v) is 20.7. The number of aromatic amines is 2. The van der Waals surface area contributed by atoms with Crippen LogP contribution < -0.4 is 21.3 Å². The van der Waals surface area contributed by atoms with Crippen molar-refractivity contribution in [2.75, 3.05) is 77.1 Å². The maximum absolute atomic E-state index is 12.9. The largest absolute Gasteiger partial charge is 0.480 e. The Hall–Kier alpha value is -7.24. The number of nitrogens with zero attached hydrogens (tertiary/aromatic N) is 7. The van der Waals surface area contributed by atoms with E-state index in [-0.39, 0.29) is 65.2 Å². The molecule has 20 heteroatoms. The Kier molecular flexibility index (Phi) is 14.0. The molecule has 3 aliphatic rings. The number of H-pyrrole nitrogens is 2. The zero-order valence-corrected chi connectivity index (χ0v) is 34.9. The lowest BCUT2D eigenvalue weighted by Gasteiger charge is -2.31. The van der Waals surface area contributed by atoms with Crippen LogP contribution in [0.15, 0.2) is 54.9 Å². The molecular weight excluding hydrogens is 811 g/mol. The molecule has 0 radical (unpaired) electrons. The highest BCUT2D eigenvalue weighted by Gasteiger charge is 2.32. The molecule has 3 saturated heterocycles. The number of carbonyl (C=O) groups is 6. The number of amides is 5. The number of hydrogen-bond donors (Lipinski definition) is 7. The maximum atomic E-state index is 12.9. The Morgan fingerprint density at radius 3 is 1.71 bits per heavy atom. The Labute approximate surface area is 361 Å². The topological polar surface area (TPSA) is 264 Å². The van der Waals surface area contributed by atoms with E-state index in [1.165, 1.54) is 7.05 Å². The Morgan fingerprint density at radius 2 is 1.22 bits per heavy atom. The second-order valence-electron chi connectivity index (χ2n) is 15.6. The zero-order chi connectivity index (χ0) is 44.5. The van der Waals surface area contributed by atoms with Crippen LogP contribution in [0, 0.1) is 29.6 Å². The van der Waals surface area contributed by atoms with Crippen LogP contribution in [0.4, 0.5) is 11.4 Å². The molecule has 3 aliphatic heterocycles. The summed E-state index contributed by atoms with van der Waals surface area (Å²) < 4.78 is 0. The summed E-state index contributed by atoms with van der Waals surface area (Å²) in [5.74, 6) is 4.90. The number of fused-ring (bicyclic) bond motifs is 2. The molecule has 1 unspecified atom stereocenters. The average molecular weight is 860 g/mol. The number of benzene rings is 2. The third kappa shape index (κ3) is 11.0. The Morgan fingerprint density at radius 1 is 0.714 bits per heavy atom. The van der Waals surface area contributed by atoms with E-state index in [1.54, 1.807) is 66.8 Å². The van der Waals surface area contributed by atoms with E-state index in [0.717, 1.165) is 12.8 Å². The molecule has 8 rings (SSSR count). The SMILES string of the molecule is CNC(=O)c1n[nH]c2ccc(NC(=O)C3CCN(CC(=O)N4CCC(C#Cc5ncccn5)CC4)C3)cc12.CNC(=O)c1n[nH]c2ccc(NC(=O)[C@@H]3CCN(CC(=O)O)C3)cc12. The van der Waals surface area contributed by atoms with Crippen molar-refractivity contribution in [3.05, 3.63) is 72.1 Å². The first kappa shape index (κ1) is 43.8. The number of aromatic nitrogens is 6. The number of nitrogens with one attached hydrogen (secondary N) is 6. The second-order valence-corrected chi connectivity index (χ2v) is 15.6. The van der Waals surface area contributed by atoms with Crippen LogP contribution in [0.5, 0.6) is 0 Å². The first-order chi connectivity index (χ1) is 30.5. The fraction of sp³-hybridized carbons (Fsp3) is 0.395. The fourth-order valence-corrected chi connectivity index (χ4v) is 7.92. The van der Waals surface area contributed by atoms with Crippen LogP contribution >= 0.6 is 0 Å². The van der Waals surface area contributed by atoms with Gasteiger partial charge in [-0.05, 0) is 87.2 Å². The van der Waals surface area contributed by atoms with Crippen LogP contribution in [0.1, 0.15) is 52.5 Å². The molecule has 2 aromatic carbocycles. The molecule has 7 N–H and O–H groups in total. The van der Waals surface area contributed by atoms with E-state index in [0.29, 0.717) is 97.7 Å². The van der Waals surface area contributed by atoms with Crippen molar-refractivity contribution in [1.82, 2.24) is 55.7 Å². The van der Waals surface area contributed by atoms with Gasteiger partial charge in [0, 0.05) is 80.7 Å². The molecule has 3 fully saturated rings. The molecule has 0 saturated carbocycles. The number of likely N-dealkylation sites (tertiary alicyclic amines) is 3. The number of carboxylic acids is 1. The molecule has 5 amide bonds. The minimum absolute atomic E-state index is 0.0553. The van der Waals surface area contributed by atoms with Crippen molar-refractivity contribution in [3.63, 3.8) is 0 Å². The van der Waals surface area contributed by atoms with Gasteiger partial charge in [-0.3, -0.25) is 48.8 Å². The molecule has 5 aromatic rings. The molecule has 63 heavy (non-hydrogen) atoms. The van der Waals surface area contributed by atoms with E-state index in [4.69, 9.17) is 5.11 Å². The van der Waals surface area contributed by atoms with Gasteiger partial charge in [0.1, 0.15) is 0 Å². The fourth-order valence-electron chi connectivity index (χ4n) is 7.92. The molecule has 0 aliphatic carbocycles. The lowest BCUT2D eigenvalue weighted by molar-refractivity contribution is -0.138. The number of rotatable bonds is 10. The first-order valence-electron chi connectivity index (χ1n) is 20.7. The molecule has 3 aromatic heterocycles. The van der Waals surface area contributed by atoms with Crippen LogP contribution in [0.25, 0.3) is 21.8 Å². The molecule has 328 valence electrons. The number of anilines is 2. The molecule has 6 heterocycles. The number of carbonyl (C=O) groups excluding carboxylic acids is 5. The van der Waals surface area contributed by atoms with E-state index in [1.807, 2.05) is 9.80 Å². The number of carboxylic acid groups (broad SMARTS) is 1. The minimum atomic E-state index is -0.895. The van der Waals surface area contributed by atoms with Gasteiger partial charge >= 0.3 is 5.97 Å². The van der Waals surface area contributed by atoms with Crippen molar-refractivity contribution in [2.45, 2.75) is 25.7 Å². The monoisotopic (exact) mass is 859 g/mol. The molecule has 0 bridgehead atoms. The highest BCUT2D eigenvalue weighted by molar-refractivity contribution is 6.07. The lowest BCUT2D eigenvalue weighted by Crippen LogP contribution is -2.43. The third-order valence-electron chi connectivity index (χ3n) is 11.4. The van der Waals surface area contributed by atoms with E-state index < -0.39 is 5.97 Å². The van der Waals surface area contributed by atoms with Crippen molar-refractivity contribution in [3.8, 4) is 11.8 Å². The standard InChI is InChI=1S/C27H30N8O3.C16H19N5O4/c1-28-27(38)25-21-15-20(4-5-22(21)32-33-25)31-26(37)19-9-12-34(16-19)17-24(36)35-13-7-18(8-14-35)3-6-23-29-10-2-11-30-23;1-17-16(25)14-11-6-10(2-3-12(11)19-20-14)18-15(24)9-4-5-21(7-9)8-13(22)23/h2,4-5,10-11,15,18-19H,7-9,12-14,16-17H2,1H3,(H,28,38)(H,31,37)(H,32,33);2-3,6,9H,4-5,7-8H2,1H3,(H,17,25)(H,18,24)(H,19,20)(H,22,23)/t;9-/m.1/s1. The predicted octanol–water partition coefficient (Wildman–Crippen LogP) is 1.53. The predicted molar refractivity (Wildman–Crippen MR) is 231 cm³/mol. The van der Waals surface area contributed by atoms with Crippen LogP contribution in [-0.4, -0.2) is 152 Å².